The molecule has 0 saturated carbocycles. The Balaban J connectivity index is 1.78. The van der Waals surface area contributed by atoms with E-state index in [1.54, 1.807) is 4.90 Å². The summed E-state index contributed by atoms with van der Waals surface area (Å²) < 4.78 is 12.8. The van der Waals surface area contributed by atoms with Gasteiger partial charge in [0.2, 0.25) is 5.91 Å². The number of halogens is 1. The molecule has 21 heavy (non-hydrogen) atoms. The van der Waals surface area contributed by atoms with Crippen LogP contribution in [0.4, 0.5) is 10.1 Å². The van der Waals surface area contributed by atoms with Crippen LogP contribution in [0.15, 0.2) is 24.3 Å². The molecular weight excluding hydrogens is 273 g/mol. The number of hydrogen-bond donors (Lipinski definition) is 1. The van der Waals surface area contributed by atoms with Crippen molar-refractivity contribution in [2.45, 2.75) is 0 Å². The zero-order valence-corrected chi connectivity index (χ0v) is 11.5. The molecule has 0 radical (unpaired) electrons. The maximum absolute atomic E-state index is 12.8. The molecule has 1 aromatic rings. The van der Waals surface area contributed by atoms with Crippen LogP contribution in [-0.4, -0.2) is 54.3 Å². The first kappa shape index (κ1) is 15.0. The second-order valence-corrected chi connectivity index (χ2v) is 4.77. The molecule has 6 heteroatoms. The van der Waals surface area contributed by atoms with Crippen molar-refractivity contribution in [3.8, 4) is 12.3 Å². The van der Waals surface area contributed by atoms with Crippen LogP contribution >= 0.6 is 0 Å². The second-order valence-electron chi connectivity index (χ2n) is 4.77. The first-order chi connectivity index (χ1) is 10.1. The first-order valence-electron chi connectivity index (χ1n) is 6.62. The number of carbonyl (C=O) groups is 2. The standard InChI is InChI=1S/C15H16FN3O2/c1-2-15(21)19-9-7-18(8-10-19)11-14(20)17-13-5-3-12(16)4-6-13/h1,3-6H,7-11H2,(H,17,20). The average Bonchev–Trinajstić information content (AvgIpc) is 2.49. The van der Waals surface area contributed by atoms with Gasteiger partial charge in [-0.25, -0.2) is 4.39 Å². The predicted octanol–water partition coefficient (Wildman–Crippen LogP) is 0.542. The lowest BCUT2D eigenvalue weighted by Crippen LogP contribution is -2.50. The third-order valence-corrected chi connectivity index (χ3v) is 3.28. The van der Waals surface area contributed by atoms with Gasteiger partial charge in [-0.15, -0.1) is 6.42 Å². The highest BCUT2D eigenvalue weighted by Crippen LogP contribution is 2.08. The molecule has 0 aromatic heterocycles. The van der Waals surface area contributed by atoms with E-state index in [2.05, 4.69) is 11.2 Å². The van der Waals surface area contributed by atoms with Gasteiger partial charge in [0, 0.05) is 31.9 Å². The number of amides is 2. The normalized spacial score (nSPS) is 15.3. The number of benzene rings is 1. The molecule has 1 aliphatic heterocycles. The third-order valence-electron chi connectivity index (χ3n) is 3.28. The van der Waals surface area contributed by atoms with Crippen LogP contribution in [0, 0.1) is 18.2 Å². The molecule has 0 bridgehead atoms. The van der Waals surface area contributed by atoms with Gasteiger partial charge in [-0.1, -0.05) is 0 Å². The summed E-state index contributed by atoms with van der Waals surface area (Å²) in [5.74, 6) is 1.26. The van der Waals surface area contributed by atoms with Crippen LogP contribution in [0.25, 0.3) is 0 Å². The zero-order valence-electron chi connectivity index (χ0n) is 11.5. The highest BCUT2D eigenvalue weighted by atomic mass is 19.1. The quantitative estimate of drug-likeness (QED) is 0.827. The van der Waals surface area contributed by atoms with E-state index >= 15 is 0 Å². The minimum absolute atomic E-state index is 0.168. The highest BCUT2D eigenvalue weighted by Gasteiger charge is 2.21. The highest BCUT2D eigenvalue weighted by molar-refractivity contribution is 5.93. The van der Waals surface area contributed by atoms with Crippen LogP contribution in [0.3, 0.4) is 0 Å². The molecule has 1 N–H and O–H groups in total. The molecule has 1 heterocycles. The number of carbonyl (C=O) groups excluding carboxylic acids is 2. The Labute approximate surface area is 122 Å². The predicted molar refractivity (Wildman–Crippen MR) is 76.9 cm³/mol. The number of nitrogens with one attached hydrogen (secondary N) is 1. The Morgan fingerprint density at radius 1 is 1.19 bits per heavy atom. The van der Waals surface area contributed by atoms with Gasteiger partial charge >= 0.3 is 0 Å². The van der Waals surface area contributed by atoms with Crippen LogP contribution in [-0.2, 0) is 9.59 Å². The molecule has 0 spiro atoms. The lowest BCUT2D eigenvalue weighted by Gasteiger charge is -2.33. The molecule has 0 aliphatic carbocycles. The summed E-state index contributed by atoms with van der Waals surface area (Å²) in [6, 6.07) is 5.60. The fourth-order valence-corrected chi connectivity index (χ4v) is 2.14. The maximum Gasteiger partial charge on any atom is 0.298 e. The molecule has 2 amide bonds. The van der Waals surface area contributed by atoms with Crippen molar-refractivity contribution in [2.75, 3.05) is 38.0 Å². The van der Waals surface area contributed by atoms with Gasteiger partial charge in [-0.2, -0.15) is 0 Å². The minimum Gasteiger partial charge on any atom is -0.329 e. The van der Waals surface area contributed by atoms with E-state index in [0.717, 1.165) is 0 Å². The van der Waals surface area contributed by atoms with Crippen molar-refractivity contribution in [1.82, 2.24) is 9.80 Å². The largest absolute Gasteiger partial charge is 0.329 e. The van der Waals surface area contributed by atoms with Gasteiger partial charge in [0.05, 0.1) is 6.54 Å². The van der Waals surface area contributed by atoms with Gasteiger partial charge in [-0.3, -0.25) is 14.5 Å². The van der Waals surface area contributed by atoms with Gasteiger partial charge < -0.3 is 10.2 Å². The topological polar surface area (TPSA) is 52.7 Å². The molecule has 5 nitrogen and oxygen atoms in total. The SMILES string of the molecule is C#CC(=O)N1CCN(CC(=O)Nc2ccc(F)cc2)CC1. The van der Waals surface area contributed by atoms with E-state index in [1.807, 2.05) is 4.90 Å². The van der Waals surface area contributed by atoms with E-state index in [4.69, 9.17) is 6.42 Å². The first-order valence-corrected chi connectivity index (χ1v) is 6.62. The summed E-state index contributed by atoms with van der Waals surface area (Å²) >= 11 is 0. The molecular formula is C15H16FN3O2. The fraction of sp³-hybridized carbons (Fsp3) is 0.333. The summed E-state index contributed by atoms with van der Waals surface area (Å²) in [6.07, 6.45) is 5.07. The smallest absolute Gasteiger partial charge is 0.298 e. The Morgan fingerprint density at radius 3 is 2.38 bits per heavy atom. The summed E-state index contributed by atoms with van der Waals surface area (Å²) in [5.41, 5.74) is 0.558. The van der Waals surface area contributed by atoms with Gasteiger partial charge in [0.1, 0.15) is 5.82 Å². The number of nitrogens with zero attached hydrogens (tertiary/aromatic N) is 2. The van der Waals surface area contributed by atoms with Crippen LogP contribution < -0.4 is 5.32 Å². The van der Waals surface area contributed by atoms with Crippen molar-refractivity contribution < 1.29 is 14.0 Å². The van der Waals surface area contributed by atoms with Crippen LogP contribution in [0.2, 0.25) is 0 Å². The zero-order chi connectivity index (χ0) is 15.2. The lowest BCUT2D eigenvalue weighted by atomic mass is 10.3. The van der Waals surface area contributed by atoms with Crippen LogP contribution in [0.1, 0.15) is 0 Å². The molecule has 0 atom stereocenters. The third kappa shape index (κ3) is 4.29. The van der Waals surface area contributed by atoms with Crippen molar-refractivity contribution in [3.63, 3.8) is 0 Å². The van der Waals surface area contributed by atoms with E-state index < -0.39 is 0 Å². The monoisotopic (exact) mass is 289 g/mol. The number of rotatable bonds is 3. The Bertz CT molecular complexity index is 557. The van der Waals surface area contributed by atoms with Gasteiger partial charge in [0.15, 0.2) is 0 Å². The molecule has 1 aromatic carbocycles. The summed E-state index contributed by atoms with van der Waals surface area (Å²) in [5, 5.41) is 2.70. The van der Waals surface area contributed by atoms with Crippen molar-refractivity contribution in [3.05, 3.63) is 30.1 Å². The summed E-state index contributed by atoms with van der Waals surface area (Å²) in [4.78, 5) is 26.7. The molecule has 1 aliphatic rings. The number of anilines is 1. The number of hydrogen-bond acceptors (Lipinski definition) is 3. The molecule has 2 rings (SSSR count). The van der Waals surface area contributed by atoms with E-state index in [0.29, 0.717) is 31.9 Å². The van der Waals surface area contributed by atoms with Crippen molar-refractivity contribution in [2.24, 2.45) is 0 Å². The average molecular weight is 289 g/mol. The molecule has 1 fully saturated rings. The maximum atomic E-state index is 12.8. The Morgan fingerprint density at radius 2 is 1.81 bits per heavy atom. The Kier molecular flexibility index (Phi) is 4.90. The van der Waals surface area contributed by atoms with Crippen molar-refractivity contribution >= 4 is 17.5 Å². The Hall–Kier alpha value is -2.39. The van der Waals surface area contributed by atoms with Gasteiger partial charge in [-0.05, 0) is 30.2 Å². The summed E-state index contributed by atoms with van der Waals surface area (Å²) in [6.45, 7) is 2.48. The minimum atomic E-state index is -0.345. The lowest BCUT2D eigenvalue weighted by molar-refractivity contribution is -0.127. The van der Waals surface area contributed by atoms with E-state index in [9.17, 15) is 14.0 Å². The summed E-state index contributed by atoms with van der Waals surface area (Å²) in [7, 11) is 0. The number of terminal acetylenes is 1. The van der Waals surface area contributed by atoms with Crippen molar-refractivity contribution in [1.29, 1.82) is 0 Å². The second kappa shape index (κ2) is 6.86. The van der Waals surface area contributed by atoms with E-state index in [1.165, 1.54) is 24.3 Å². The molecule has 110 valence electrons. The van der Waals surface area contributed by atoms with Gasteiger partial charge in [0.25, 0.3) is 5.91 Å². The molecule has 1 saturated heterocycles. The number of piperazine rings is 1. The molecule has 0 unspecified atom stereocenters. The van der Waals surface area contributed by atoms with Crippen LogP contribution in [0.5, 0.6) is 0 Å². The fourth-order valence-electron chi connectivity index (χ4n) is 2.14. The van der Waals surface area contributed by atoms with E-state index in [-0.39, 0.29) is 24.2 Å².